The summed E-state index contributed by atoms with van der Waals surface area (Å²) in [6, 6.07) is 6.05. The number of ether oxygens (including phenoxy) is 4. The summed E-state index contributed by atoms with van der Waals surface area (Å²) in [4.78, 5) is 27.0. The second-order valence-electron chi connectivity index (χ2n) is 14.2. The van der Waals surface area contributed by atoms with Crippen molar-refractivity contribution in [2.45, 2.75) is 76.7 Å². The van der Waals surface area contributed by atoms with Gasteiger partial charge in [0.2, 0.25) is 0 Å². The Morgan fingerprint density at radius 2 is 1.82 bits per heavy atom. The molecule has 2 atom stereocenters. The summed E-state index contributed by atoms with van der Waals surface area (Å²) in [7, 11) is 3.13. The van der Waals surface area contributed by atoms with Crippen molar-refractivity contribution in [2.75, 3.05) is 39.0 Å². The quantitative estimate of drug-likeness (QED) is 0.151. The summed E-state index contributed by atoms with van der Waals surface area (Å²) in [6.07, 6.45) is 10.2. The van der Waals surface area contributed by atoms with Gasteiger partial charge in [0, 0.05) is 66.5 Å². The molecule has 256 valence electrons. The van der Waals surface area contributed by atoms with E-state index in [0.29, 0.717) is 75.9 Å². The Balaban J connectivity index is 1.41. The molecule has 0 radical (unpaired) electrons. The highest BCUT2D eigenvalue weighted by Crippen LogP contribution is 2.54. The number of terminal acetylenes is 1. The lowest BCUT2D eigenvalue weighted by molar-refractivity contribution is 0.0122. The molecule has 1 amide bonds. The zero-order valence-corrected chi connectivity index (χ0v) is 28.7. The molecule has 9 nitrogen and oxygen atoms in total. The highest BCUT2D eigenvalue weighted by molar-refractivity contribution is 6.04. The minimum atomic E-state index is -0.691. The van der Waals surface area contributed by atoms with Gasteiger partial charge in [-0.05, 0) is 77.0 Å². The average molecular weight is 671 g/mol. The lowest BCUT2D eigenvalue weighted by atomic mass is 9.93. The number of piperazine rings is 1. The van der Waals surface area contributed by atoms with Crippen molar-refractivity contribution in [1.29, 1.82) is 0 Å². The van der Waals surface area contributed by atoms with Gasteiger partial charge >= 0.3 is 6.09 Å². The molecule has 2 aliphatic heterocycles. The van der Waals surface area contributed by atoms with Crippen LogP contribution >= 0.6 is 0 Å². The molecule has 0 spiro atoms. The summed E-state index contributed by atoms with van der Waals surface area (Å²) < 4.78 is 55.3. The first-order valence-corrected chi connectivity index (χ1v) is 16.6. The molecule has 3 fully saturated rings. The Morgan fingerprint density at radius 1 is 1.10 bits per heavy atom. The van der Waals surface area contributed by atoms with Crippen LogP contribution in [0.15, 0.2) is 30.5 Å². The normalized spacial score (nSPS) is 19.7. The number of methoxy groups -OCH3 is 2. The van der Waals surface area contributed by atoms with E-state index in [4.69, 9.17) is 35.3 Å². The number of fused-ring (bicyclic) bond motifs is 4. The first-order valence-electron chi connectivity index (χ1n) is 16.6. The fraction of sp³-hybridized carbons (Fsp3) is 0.447. The van der Waals surface area contributed by atoms with Crippen LogP contribution in [0.25, 0.3) is 32.8 Å². The fourth-order valence-electron chi connectivity index (χ4n) is 7.65. The molecule has 1 saturated carbocycles. The number of hydrogen-bond donors (Lipinski definition) is 0. The third kappa shape index (κ3) is 5.61. The molecule has 2 unspecified atom stereocenters. The van der Waals surface area contributed by atoms with Gasteiger partial charge in [-0.15, -0.1) is 6.42 Å². The van der Waals surface area contributed by atoms with Gasteiger partial charge in [-0.3, -0.25) is 9.88 Å². The Bertz CT molecular complexity index is 2020. The van der Waals surface area contributed by atoms with E-state index in [9.17, 15) is 4.79 Å². The standard InChI is InChI=1S/C38H40F2N4O5/c1-8-26-29(39)12-9-22-15-25(48-20-46-6)16-27(30(22)26)34-33(40)31-28(17-41-34)35(42-21(2)32(31)38(47-7)13-14-38)43-18-23-10-11-24(19-43)44(23)36(45)49-37(3,4)5/h1,9,12,15-17,23-24H,10-11,13-14,18-20H2,2-7H3. The van der Waals surface area contributed by atoms with Crippen LogP contribution in [0, 0.1) is 30.9 Å². The van der Waals surface area contributed by atoms with Crippen LogP contribution in [-0.4, -0.2) is 72.7 Å². The number of pyridine rings is 2. The van der Waals surface area contributed by atoms with Crippen LogP contribution in [0.5, 0.6) is 5.75 Å². The van der Waals surface area contributed by atoms with Crippen molar-refractivity contribution in [3.63, 3.8) is 0 Å². The topological polar surface area (TPSA) is 86.3 Å². The maximum absolute atomic E-state index is 17.5. The molecule has 1 aliphatic carbocycles. The largest absolute Gasteiger partial charge is 0.468 e. The van der Waals surface area contributed by atoms with Crippen molar-refractivity contribution in [3.8, 4) is 29.4 Å². The second kappa shape index (κ2) is 12.1. The van der Waals surface area contributed by atoms with Crippen molar-refractivity contribution < 1.29 is 32.5 Å². The van der Waals surface area contributed by atoms with E-state index in [1.165, 1.54) is 13.2 Å². The highest BCUT2D eigenvalue weighted by Gasteiger charge is 2.49. The van der Waals surface area contributed by atoms with Gasteiger partial charge in [-0.25, -0.2) is 18.6 Å². The van der Waals surface area contributed by atoms with Gasteiger partial charge < -0.3 is 23.8 Å². The predicted molar refractivity (Wildman–Crippen MR) is 183 cm³/mol. The number of benzene rings is 2. The van der Waals surface area contributed by atoms with Crippen molar-refractivity contribution >= 4 is 33.5 Å². The Morgan fingerprint density at radius 3 is 2.43 bits per heavy atom. The molecule has 4 heterocycles. The molecular weight excluding hydrogens is 630 g/mol. The molecule has 2 aromatic carbocycles. The minimum absolute atomic E-state index is 0.00184. The van der Waals surface area contributed by atoms with Crippen molar-refractivity contribution in [3.05, 3.63) is 58.9 Å². The van der Waals surface area contributed by atoms with Gasteiger partial charge in [-0.2, -0.15) is 0 Å². The van der Waals surface area contributed by atoms with Crippen molar-refractivity contribution in [1.82, 2.24) is 14.9 Å². The zero-order valence-electron chi connectivity index (χ0n) is 28.7. The number of aromatic nitrogens is 2. The summed E-state index contributed by atoms with van der Waals surface area (Å²) >= 11 is 0. The lowest BCUT2D eigenvalue weighted by Crippen LogP contribution is -2.57. The Kier molecular flexibility index (Phi) is 8.15. The van der Waals surface area contributed by atoms with Gasteiger partial charge in [0.05, 0.1) is 23.2 Å². The molecule has 4 aromatic rings. The summed E-state index contributed by atoms with van der Waals surface area (Å²) in [6.45, 7) is 8.46. The van der Waals surface area contributed by atoms with Gasteiger partial charge in [-0.1, -0.05) is 12.0 Å². The molecular formula is C38H40F2N4O5. The number of aryl methyl sites for hydroxylation is 1. The summed E-state index contributed by atoms with van der Waals surface area (Å²) in [5.41, 5.74) is 0.330. The van der Waals surface area contributed by atoms with E-state index in [2.05, 4.69) is 10.8 Å². The van der Waals surface area contributed by atoms with E-state index in [1.54, 1.807) is 31.5 Å². The number of amides is 1. The molecule has 49 heavy (non-hydrogen) atoms. The first kappa shape index (κ1) is 33.0. The van der Waals surface area contributed by atoms with E-state index < -0.39 is 22.8 Å². The van der Waals surface area contributed by atoms with E-state index in [0.717, 1.165) is 12.8 Å². The van der Waals surface area contributed by atoms with Crippen LogP contribution < -0.4 is 9.64 Å². The van der Waals surface area contributed by atoms with Crippen LogP contribution in [0.4, 0.5) is 19.4 Å². The van der Waals surface area contributed by atoms with E-state index in [1.807, 2.05) is 32.6 Å². The number of rotatable bonds is 7. The molecule has 2 bridgehead atoms. The molecule has 7 rings (SSSR count). The van der Waals surface area contributed by atoms with Gasteiger partial charge in [0.15, 0.2) is 12.6 Å². The Hall–Kier alpha value is -4.53. The molecule has 11 heteroatoms. The zero-order chi connectivity index (χ0) is 34.8. The Labute approximate surface area is 284 Å². The van der Waals surface area contributed by atoms with E-state index in [-0.39, 0.29) is 36.2 Å². The highest BCUT2D eigenvalue weighted by atomic mass is 19.1. The molecule has 3 aliphatic rings. The smallest absolute Gasteiger partial charge is 0.410 e. The number of carbonyl (C=O) groups excluding carboxylic acids is 1. The molecule has 0 N–H and O–H groups in total. The number of carbonyl (C=O) groups is 1. The van der Waals surface area contributed by atoms with Crippen LogP contribution in [0.1, 0.15) is 63.3 Å². The number of anilines is 1. The van der Waals surface area contributed by atoms with Crippen LogP contribution in [-0.2, 0) is 19.8 Å². The summed E-state index contributed by atoms with van der Waals surface area (Å²) in [5, 5.41) is 1.81. The maximum Gasteiger partial charge on any atom is 0.410 e. The SMILES string of the molecule is C#Cc1c(F)ccc2cc(OCOC)cc(-c3ncc4c(N5CC6CCC(C5)N6C(=O)OC(C)(C)C)nc(C)c(C5(OC)CC5)c4c3F)c12. The number of nitrogens with zero attached hydrogens (tertiary/aromatic N) is 4. The fourth-order valence-corrected chi connectivity index (χ4v) is 7.65. The minimum Gasteiger partial charge on any atom is -0.468 e. The van der Waals surface area contributed by atoms with Gasteiger partial charge in [0.1, 0.15) is 28.7 Å². The monoisotopic (exact) mass is 670 g/mol. The van der Waals surface area contributed by atoms with Crippen LogP contribution in [0.3, 0.4) is 0 Å². The predicted octanol–water partition coefficient (Wildman–Crippen LogP) is 7.22. The third-order valence-corrected chi connectivity index (χ3v) is 9.87. The molecule has 2 saturated heterocycles. The average Bonchev–Trinajstić information content (AvgIpc) is 3.80. The number of halogens is 2. The van der Waals surface area contributed by atoms with E-state index >= 15 is 8.78 Å². The van der Waals surface area contributed by atoms with Gasteiger partial charge in [0.25, 0.3) is 0 Å². The first-order chi connectivity index (χ1) is 23.4. The lowest BCUT2D eigenvalue weighted by Gasteiger charge is -2.42. The second-order valence-corrected chi connectivity index (χ2v) is 14.2. The van der Waals surface area contributed by atoms with Crippen LogP contribution in [0.2, 0.25) is 0 Å². The maximum atomic E-state index is 17.5. The number of hydrogen-bond acceptors (Lipinski definition) is 8. The summed E-state index contributed by atoms with van der Waals surface area (Å²) in [5.74, 6) is 2.26. The van der Waals surface area contributed by atoms with Crippen molar-refractivity contribution in [2.24, 2.45) is 0 Å². The molecule has 2 aromatic heterocycles. The third-order valence-electron chi connectivity index (χ3n) is 9.87.